The molecule has 0 aromatic rings. The average Bonchev–Trinajstić information content (AvgIpc) is 2.12. The molecule has 0 rings (SSSR count). The second-order valence-corrected chi connectivity index (χ2v) is 3.24. The lowest BCUT2D eigenvalue weighted by molar-refractivity contribution is 0.821. The molecule has 0 amide bonds. The number of allylic oxidation sites excluding steroid dienone is 2. The third kappa shape index (κ3) is 5.28. The Bertz CT molecular complexity index is 288. The van der Waals surface area contributed by atoms with E-state index >= 15 is 0 Å². The van der Waals surface area contributed by atoms with Crippen LogP contribution in [0.25, 0.3) is 0 Å². The number of nitrogens with two attached hydrogens (primary N) is 1. The van der Waals surface area contributed by atoms with Crippen LogP contribution in [-0.2, 0) is 0 Å². The highest BCUT2D eigenvalue weighted by Crippen LogP contribution is 2.01. The molecular weight excluding hydrogens is 174 g/mol. The average molecular weight is 191 g/mol. The summed E-state index contributed by atoms with van der Waals surface area (Å²) in [6.07, 6.45) is 5.67. The molecule has 0 bridgehead atoms. The van der Waals surface area contributed by atoms with Gasteiger partial charge in [0.1, 0.15) is 0 Å². The van der Waals surface area contributed by atoms with E-state index in [1.54, 1.807) is 12.4 Å². The van der Waals surface area contributed by atoms with Gasteiger partial charge in [-0.05, 0) is 26.3 Å². The molecule has 0 aliphatic carbocycles. The van der Waals surface area contributed by atoms with E-state index < -0.39 is 0 Å². The Labute approximate surface area is 85.6 Å². The van der Waals surface area contributed by atoms with E-state index in [2.05, 4.69) is 4.99 Å². The van der Waals surface area contributed by atoms with Gasteiger partial charge in [0.05, 0.1) is 12.5 Å². The lowest BCUT2D eigenvalue weighted by Gasteiger charge is -2.06. The van der Waals surface area contributed by atoms with E-state index in [1.807, 2.05) is 32.9 Å². The first kappa shape index (κ1) is 12.6. The van der Waals surface area contributed by atoms with E-state index in [4.69, 9.17) is 11.0 Å². The molecule has 0 saturated heterocycles. The van der Waals surface area contributed by atoms with Crippen molar-refractivity contribution in [1.29, 1.82) is 5.26 Å². The van der Waals surface area contributed by atoms with Crippen molar-refractivity contribution in [3.8, 4) is 6.07 Å². The Morgan fingerprint density at radius 3 is 2.64 bits per heavy atom. The van der Waals surface area contributed by atoms with Crippen molar-refractivity contribution in [2.24, 2.45) is 10.7 Å². The van der Waals surface area contributed by atoms with E-state index in [-0.39, 0.29) is 6.04 Å². The van der Waals surface area contributed by atoms with E-state index in [9.17, 15) is 0 Å². The maximum Gasteiger partial charge on any atom is 0.0641 e. The van der Waals surface area contributed by atoms with Crippen molar-refractivity contribution >= 4 is 6.21 Å². The van der Waals surface area contributed by atoms with Crippen LogP contribution in [-0.4, -0.2) is 12.3 Å². The van der Waals surface area contributed by atoms with Gasteiger partial charge in [-0.25, -0.2) is 0 Å². The quantitative estimate of drug-likeness (QED) is 0.692. The summed E-state index contributed by atoms with van der Waals surface area (Å²) in [5, 5.41) is 8.48. The van der Waals surface area contributed by atoms with Crippen molar-refractivity contribution in [1.82, 2.24) is 0 Å². The summed E-state index contributed by atoms with van der Waals surface area (Å²) in [5.74, 6) is 0. The summed E-state index contributed by atoms with van der Waals surface area (Å²) in [4.78, 5) is 4.10. The number of aliphatic imine (C=N–C) groups is 1. The molecule has 0 heterocycles. The van der Waals surface area contributed by atoms with Gasteiger partial charge in [0.25, 0.3) is 0 Å². The normalized spacial score (nSPS) is 13.8. The van der Waals surface area contributed by atoms with Crippen LogP contribution in [0.4, 0.5) is 0 Å². The maximum absolute atomic E-state index is 8.48. The van der Waals surface area contributed by atoms with Crippen molar-refractivity contribution in [3.05, 3.63) is 23.4 Å². The number of nitriles is 1. The highest BCUT2D eigenvalue weighted by atomic mass is 14.7. The van der Waals surface area contributed by atoms with Gasteiger partial charge in [0.2, 0.25) is 0 Å². The van der Waals surface area contributed by atoms with Gasteiger partial charge in [-0.3, -0.25) is 4.99 Å². The van der Waals surface area contributed by atoms with Gasteiger partial charge >= 0.3 is 0 Å². The molecule has 0 aliphatic rings. The summed E-state index contributed by atoms with van der Waals surface area (Å²) >= 11 is 0. The van der Waals surface area contributed by atoms with E-state index in [0.29, 0.717) is 6.42 Å². The number of nitrogens with zero attached hydrogens (tertiary/aromatic N) is 2. The van der Waals surface area contributed by atoms with Gasteiger partial charge in [0.15, 0.2) is 0 Å². The minimum atomic E-state index is -0.237. The summed E-state index contributed by atoms with van der Waals surface area (Å²) < 4.78 is 0. The largest absolute Gasteiger partial charge is 0.323 e. The van der Waals surface area contributed by atoms with Crippen molar-refractivity contribution in [2.45, 2.75) is 33.2 Å². The SMILES string of the molecule is C/C=C(\C=NC=C(C)C)C(N)CC#N. The molecule has 0 spiro atoms. The minimum Gasteiger partial charge on any atom is -0.323 e. The van der Waals surface area contributed by atoms with Crippen LogP contribution in [0.2, 0.25) is 0 Å². The molecule has 3 nitrogen and oxygen atoms in total. The van der Waals surface area contributed by atoms with Crippen LogP contribution < -0.4 is 5.73 Å². The fourth-order valence-corrected chi connectivity index (χ4v) is 0.873. The topological polar surface area (TPSA) is 62.2 Å². The molecule has 0 radical (unpaired) electrons. The molecule has 1 unspecified atom stereocenters. The molecule has 0 saturated carbocycles. The molecule has 76 valence electrons. The Hall–Kier alpha value is -1.40. The summed E-state index contributed by atoms with van der Waals surface area (Å²) in [7, 11) is 0. The monoisotopic (exact) mass is 191 g/mol. The smallest absolute Gasteiger partial charge is 0.0641 e. The lowest BCUT2D eigenvalue weighted by atomic mass is 10.1. The predicted octanol–water partition coefficient (Wildman–Crippen LogP) is 2.17. The highest BCUT2D eigenvalue weighted by Gasteiger charge is 2.04. The van der Waals surface area contributed by atoms with E-state index in [1.165, 1.54) is 0 Å². The number of hydrogen-bond donors (Lipinski definition) is 1. The standard InChI is InChI=1S/C11H17N3/c1-4-10(11(13)5-6-12)8-14-7-9(2)3/h4,7-8,11H,5,13H2,1-3H3/b10-4+,14-8?. The molecule has 1 atom stereocenters. The van der Waals surface area contributed by atoms with Crippen molar-refractivity contribution in [2.75, 3.05) is 0 Å². The zero-order valence-electron chi connectivity index (χ0n) is 8.99. The van der Waals surface area contributed by atoms with Crippen LogP contribution >= 0.6 is 0 Å². The minimum absolute atomic E-state index is 0.237. The Morgan fingerprint density at radius 2 is 2.21 bits per heavy atom. The number of rotatable bonds is 4. The Morgan fingerprint density at radius 1 is 1.57 bits per heavy atom. The van der Waals surface area contributed by atoms with Gasteiger partial charge in [0, 0.05) is 18.5 Å². The first-order valence-corrected chi connectivity index (χ1v) is 4.57. The van der Waals surface area contributed by atoms with Gasteiger partial charge in [-0.2, -0.15) is 5.26 Å². The van der Waals surface area contributed by atoms with Crippen LogP contribution in [0, 0.1) is 11.3 Å². The second-order valence-electron chi connectivity index (χ2n) is 3.24. The van der Waals surface area contributed by atoms with Gasteiger partial charge in [-0.1, -0.05) is 11.6 Å². The molecule has 2 N–H and O–H groups in total. The molecule has 0 aliphatic heterocycles. The Kier molecular flexibility index (Phi) is 6.34. The molecule has 0 fully saturated rings. The summed E-state index contributed by atoms with van der Waals surface area (Å²) in [6.45, 7) is 5.84. The zero-order valence-corrected chi connectivity index (χ0v) is 8.99. The highest BCUT2D eigenvalue weighted by molar-refractivity contribution is 5.80. The summed E-state index contributed by atoms with van der Waals surface area (Å²) in [5.41, 5.74) is 7.78. The first-order valence-electron chi connectivity index (χ1n) is 4.57. The molecule has 0 aromatic carbocycles. The first-order chi connectivity index (χ1) is 6.61. The van der Waals surface area contributed by atoms with Crippen LogP contribution in [0.1, 0.15) is 27.2 Å². The van der Waals surface area contributed by atoms with Gasteiger partial charge in [-0.15, -0.1) is 0 Å². The van der Waals surface area contributed by atoms with Crippen LogP contribution in [0.5, 0.6) is 0 Å². The van der Waals surface area contributed by atoms with Crippen molar-refractivity contribution < 1.29 is 0 Å². The Balaban J connectivity index is 4.40. The fourth-order valence-electron chi connectivity index (χ4n) is 0.873. The van der Waals surface area contributed by atoms with Crippen LogP contribution in [0.3, 0.4) is 0 Å². The third-order valence-corrected chi connectivity index (χ3v) is 1.63. The van der Waals surface area contributed by atoms with Crippen LogP contribution in [0.15, 0.2) is 28.4 Å². The second kappa shape index (κ2) is 7.05. The zero-order chi connectivity index (χ0) is 11.0. The number of hydrogen-bond acceptors (Lipinski definition) is 3. The predicted molar refractivity (Wildman–Crippen MR) is 59.9 cm³/mol. The molecular formula is C11H17N3. The fraction of sp³-hybridized carbons (Fsp3) is 0.455. The molecule has 0 aromatic heterocycles. The molecule has 3 heteroatoms. The molecule has 14 heavy (non-hydrogen) atoms. The van der Waals surface area contributed by atoms with E-state index in [0.717, 1.165) is 11.1 Å². The third-order valence-electron chi connectivity index (χ3n) is 1.63. The lowest BCUT2D eigenvalue weighted by Crippen LogP contribution is -2.22. The maximum atomic E-state index is 8.48. The van der Waals surface area contributed by atoms with Crippen molar-refractivity contribution in [3.63, 3.8) is 0 Å². The summed E-state index contributed by atoms with van der Waals surface area (Å²) in [6, 6.07) is 1.80. The van der Waals surface area contributed by atoms with Gasteiger partial charge < -0.3 is 5.73 Å².